The van der Waals surface area contributed by atoms with E-state index in [9.17, 15) is 4.79 Å². The maximum absolute atomic E-state index is 12.2. The molecule has 2 amide bonds. The fourth-order valence-electron chi connectivity index (χ4n) is 2.80. The summed E-state index contributed by atoms with van der Waals surface area (Å²) in [6.07, 6.45) is 0. The van der Waals surface area contributed by atoms with Crippen LogP contribution in [0.1, 0.15) is 42.1 Å². The lowest BCUT2D eigenvalue weighted by Gasteiger charge is -2.21. The number of likely N-dealkylation sites (N-methyl/N-ethyl adjacent to an activating group) is 1. The molecule has 2 rings (SSSR count). The Hall–Kier alpha value is -1.51. The first-order valence-corrected chi connectivity index (χ1v) is 6.94. The van der Waals surface area contributed by atoms with Gasteiger partial charge in [-0.2, -0.15) is 0 Å². The highest BCUT2D eigenvalue weighted by atomic mass is 16.2. The van der Waals surface area contributed by atoms with Crippen molar-refractivity contribution in [2.75, 3.05) is 13.6 Å². The summed E-state index contributed by atoms with van der Waals surface area (Å²) in [6, 6.07) is 4.91. The Balaban J connectivity index is 2.38. The number of nitrogens with zero attached hydrogens (tertiary/aromatic N) is 2. The molecule has 19 heavy (non-hydrogen) atoms. The number of urea groups is 1. The normalized spacial score (nSPS) is 19.7. The predicted octanol–water partition coefficient (Wildman–Crippen LogP) is 3.43. The zero-order chi connectivity index (χ0) is 14.3. The summed E-state index contributed by atoms with van der Waals surface area (Å²) in [5.41, 5.74) is 5.24. The lowest BCUT2D eigenvalue weighted by molar-refractivity contribution is 0.187. The summed E-state index contributed by atoms with van der Waals surface area (Å²) in [4.78, 5) is 16.1. The quantitative estimate of drug-likeness (QED) is 0.799. The molecule has 1 unspecified atom stereocenters. The second kappa shape index (κ2) is 4.87. The van der Waals surface area contributed by atoms with Crippen LogP contribution < -0.4 is 0 Å². The van der Waals surface area contributed by atoms with Crippen LogP contribution in [0.4, 0.5) is 4.79 Å². The highest BCUT2D eigenvalue weighted by Crippen LogP contribution is 2.32. The number of benzene rings is 1. The van der Waals surface area contributed by atoms with Crippen LogP contribution >= 0.6 is 0 Å². The number of rotatable bonds is 2. The first-order valence-electron chi connectivity index (χ1n) is 6.94. The summed E-state index contributed by atoms with van der Waals surface area (Å²) in [6.45, 7) is 11.4. The SMILES string of the molecule is Cc1ccc(C2CN(C(C)C)C(=O)N2C)c(C)c1C. The summed E-state index contributed by atoms with van der Waals surface area (Å²) < 4.78 is 0. The Bertz CT molecular complexity index is 508. The Morgan fingerprint density at radius 2 is 1.79 bits per heavy atom. The molecule has 0 spiro atoms. The van der Waals surface area contributed by atoms with E-state index in [0.717, 1.165) is 6.54 Å². The summed E-state index contributed by atoms with van der Waals surface area (Å²) in [5, 5.41) is 0. The van der Waals surface area contributed by atoms with Crippen LogP contribution in [0.3, 0.4) is 0 Å². The number of amides is 2. The Kier molecular flexibility index (Phi) is 3.57. The van der Waals surface area contributed by atoms with E-state index in [1.165, 1.54) is 22.3 Å². The van der Waals surface area contributed by atoms with Crippen molar-refractivity contribution in [3.8, 4) is 0 Å². The fraction of sp³-hybridized carbons (Fsp3) is 0.562. The molecule has 1 aliphatic rings. The van der Waals surface area contributed by atoms with Gasteiger partial charge in [-0.05, 0) is 56.9 Å². The molecule has 1 saturated heterocycles. The van der Waals surface area contributed by atoms with Crippen molar-refractivity contribution in [2.45, 2.75) is 46.7 Å². The lowest BCUT2D eigenvalue weighted by Crippen LogP contribution is -2.34. The molecule has 0 saturated carbocycles. The largest absolute Gasteiger partial charge is 0.320 e. The van der Waals surface area contributed by atoms with Gasteiger partial charge >= 0.3 is 6.03 Å². The van der Waals surface area contributed by atoms with E-state index >= 15 is 0 Å². The van der Waals surface area contributed by atoms with Crippen LogP contribution in [0, 0.1) is 20.8 Å². The van der Waals surface area contributed by atoms with Crippen molar-refractivity contribution < 1.29 is 4.79 Å². The fourth-order valence-corrected chi connectivity index (χ4v) is 2.80. The molecule has 1 aromatic rings. The summed E-state index contributed by atoms with van der Waals surface area (Å²) in [5.74, 6) is 0. The molecular weight excluding hydrogens is 236 g/mol. The van der Waals surface area contributed by atoms with Gasteiger partial charge in [0.25, 0.3) is 0 Å². The highest BCUT2D eigenvalue weighted by Gasteiger charge is 2.37. The minimum Gasteiger partial charge on any atom is -0.320 e. The monoisotopic (exact) mass is 260 g/mol. The molecule has 1 heterocycles. The average Bonchev–Trinajstić information content (AvgIpc) is 2.64. The smallest absolute Gasteiger partial charge is 0.320 e. The van der Waals surface area contributed by atoms with Crippen molar-refractivity contribution >= 4 is 6.03 Å². The number of carbonyl (C=O) groups is 1. The second-order valence-electron chi connectivity index (χ2n) is 5.88. The van der Waals surface area contributed by atoms with Gasteiger partial charge in [0.05, 0.1) is 6.04 Å². The molecule has 0 aliphatic carbocycles. The minimum atomic E-state index is 0.137. The van der Waals surface area contributed by atoms with Gasteiger partial charge in [0.1, 0.15) is 0 Å². The van der Waals surface area contributed by atoms with E-state index in [1.807, 2.05) is 16.8 Å². The van der Waals surface area contributed by atoms with E-state index in [2.05, 4.69) is 46.8 Å². The third-order valence-corrected chi connectivity index (χ3v) is 4.47. The van der Waals surface area contributed by atoms with Crippen molar-refractivity contribution in [2.24, 2.45) is 0 Å². The van der Waals surface area contributed by atoms with Gasteiger partial charge < -0.3 is 9.80 Å². The number of hydrogen-bond donors (Lipinski definition) is 0. The topological polar surface area (TPSA) is 23.6 Å². The Morgan fingerprint density at radius 3 is 2.32 bits per heavy atom. The van der Waals surface area contributed by atoms with Crippen molar-refractivity contribution in [3.63, 3.8) is 0 Å². The zero-order valence-electron chi connectivity index (χ0n) is 12.8. The zero-order valence-corrected chi connectivity index (χ0v) is 12.8. The molecular formula is C16H24N2O. The molecule has 0 radical (unpaired) electrons. The Morgan fingerprint density at radius 1 is 1.16 bits per heavy atom. The molecule has 104 valence electrons. The first kappa shape index (κ1) is 13.9. The van der Waals surface area contributed by atoms with Gasteiger partial charge in [-0.1, -0.05) is 12.1 Å². The van der Waals surface area contributed by atoms with E-state index in [1.54, 1.807) is 0 Å². The molecule has 1 atom stereocenters. The predicted molar refractivity (Wildman–Crippen MR) is 78.4 cm³/mol. The molecule has 0 N–H and O–H groups in total. The van der Waals surface area contributed by atoms with Crippen LogP contribution in [0.25, 0.3) is 0 Å². The summed E-state index contributed by atoms with van der Waals surface area (Å²) >= 11 is 0. The molecule has 1 aromatic carbocycles. The lowest BCUT2D eigenvalue weighted by atomic mass is 9.94. The number of hydrogen-bond acceptors (Lipinski definition) is 1. The third-order valence-electron chi connectivity index (χ3n) is 4.47. The molecule has 0 aromatic heterocycles. The minimum absolute atomic E-state index is 0.137. The van der Waals surface area contributed by atoms with E-state index in [-0.39, 0.29) is 18.1 Å². The summed E-state index contributed by atoms with van der Waals surface area (Å²) in [7, 11) is 1.91. The molecule has 3 nitrogen and oxygen atoms in total. The van der Waals surface area contributed by atoms with Gasteiger partial charge in [0.2, 0.25) is 0 Å². The van der Waals surface area contributed by atoms with E-state index < -0.39 is 0 Å². The van der Waals surface area contributed by atoms with Crippen LogP contribution in [0.5, 0.6) is 0 Å². The average molecular weight is 260 g/mol. The van der Waals surface area contributed by atoms with Gasteiger partial charge in [-0.3, -0.25) is 0 Å². The second-order valence-corrected chi connectivity index (χ2v) is 5.88. The van der Waals surface area contributed by atoms with Gasteiger partial charge in [-0.25, -0.2) is 4.79 Å². The highest BCUT2D eigenvalue weighted by molar-refractivity contribution is 5.77. The Labute approximate surface area is 116 Å². The van der Waals surface area contributed by atoms with Crippen molar-refractivity contribution in [1.29, 1.82) is 0 Å². The van der Waals surface area contributed by atoms with Gasteiger partial charge in [0.15, 0.2) is 0 Å². The maximum atomic E-state index is 12.2. The number of carbonyl (C=O) groups excluding carboxylic acids is 1. The van der Waals surface area contributed by atoms with Crippen LogP contribution in [-0.2, 0) is 0 Å². The van der Waals surface area contributed by atoms with Gasteiger partial charge in [-0.15, -0.1) is 0 Å². The van der Waals surface area contributed by atoms with Crippen LogP contribution in [0.2, 0.25) is 0 Å². The molecule has 3 heteroatoms. The van der Waals surface area contributed by atoms with Crippen LogP contribution in [-0.4, -0.2) is 35.5 Å². The van der Waals surface area contributed by atoms with E-state index in [0.29, 0.717) is 0 Å². The maximum Gasteiger partial charge on any atom is 0.320 e. The third kappa shape index (κ3) is 2.22. The van der Waals surface area contributed by atoms with E-state index in [4.69, 9.17) is 0 Å². The molecule has 1 aliphatic heterocycles. The van der Waals surface area contributed by atoms with Crippen molar-refractivity contribution in [1.82, 2.24) is 9.80 Å². The molecule has 0 bridgehead atoms. The number of aryl methyl sites for hydroxylation is 1. The van der Waals surface area contributed by atoms with Crippen molar-refractivity contribution in [3.05, 3.63) is 34.4 Å². The molecule has 1 fully saturated rings. The first-order chi connectivity index (χ1) is 8.84. The van der Waals surface area contributed by atoms with Crippen LogP contribution in [0.15, 0.2) is 12.1 Å². The standard InChI is InChI=1S/C16H24N2O/c1-10(2)18-9-15(17(6)16(18)19)14-8-7-11(3)12(4)13(14)5/h7-8,10,15H,9H2,1-6H3. The van der Waals surface area contributed by atoms with Gasteiger partial charge in [0, 0.05) is 19.6 Å².